The van der Waals surface area contributed by atoms with Gasteiger partial charge in [-0.25, -0.2) is 4.79 Å². The summed E-state index contributed by atoms with van der Waals surface area (Å²) >= 11 is 0. The van der Waals surface area contributed by atoms with Crippen molar-refractivity contribution in [2.45, 2.75) is 26.4 Å². The van der Waals surface area contributed by atoms with Crippen molar-refractivity contribution in [1.82, 2.24) is 19.9 Å². The van der Waals surface area contributed by atoms with E-state index in [1.165, 1.54) is 0 Å². The Labute approximate surface area is 175 Å². The van der Waals surface area contributed by atoms with Crippen LogP contribution in [0.3, 0.4) is 0 Å². The van der Waals surface area contributed by atoms with E-state index in [4.69, 9.17) is 9.47 Å². The summed E-state index contributed by atoms with van der Waals surface area (Å²) in [5.41, 5.74) is 0.138. The molecule has 158 valence electrons. The van der Waals surface area contributed by atoms with E-state index >= 15 is 0 Å². The SMILES string of the molecule is COc1ccccc1Nc1nc(C#N)nc(N2CCN(C(=O)OC(C)(C)C)CC2)n1. The normalized spacial score (nSPS) is 14.1. The Morgan fingerprint density at radius 2 is 1.83 bits per heavy atom. The van der Waals surface area contributed by atoms with E-state index in [1.807, 2.05) is 56.0 Å². The van der Waals surface area contributed by atoms with E-state index in [9.17, 15) is 10.1 Å². The van der Waals surface area contributed by atoms with Crippen LogP contribution in [0.15, 0.2) is 24.3 Å². The number of nitrogens with zero attached hydrogens (tertiary/aromatic N) is 6. The van der Waals surface area contributed by atoms with E-state index in [-0.39, 0.29) is 17.9 Å². The summed E-state index contributed by atoms with van der Waals surface area (Å²) in [5.74, 6) is 1.26. The lowest BCUT2D eigenvalue weighted by Crippen LogP contribution is -2.50. The Hall–Kier alpha value is -3.61. The molecule has 1 saturated heterocycles. The van der Waals surface area contributed by atoms with Crippen molar-refractivity contribution in [2.24, 2.45) is 0 Å². The summed E-state index contributed by atoms with van der Waals surface area (Å²) in [6.45, 7) is 7.49. The first kappa shape index (κ1) is 21.1. The van der Waals surface area contributed by atoms with Gasteiger partial charge in [-0.05, 0) is 32.9 Å². The fraction of sp³-hybridized carbons (Fsp3) is 0.450. The third-order valence-corrected chi connectivity index (χ3v) is 4.29. The number of carbonyl (C=O) groups is 1. The molecule has 1 N–H and O–H groups in total. The highest BCUT2D eigenvalue weighted by Gasteiger charge is 2.27. The summed E-state index contributed by atoms with van der Waals surface area (Å²) < 4.78 is 10.8. The van der Waals surface area contributed by atoms with Gasteiger partial charge in [-0.1, -0.05) is 12.1 Å². The lowest BCUT2D eigenvalue weighted by molar-refractivity contribution is 0.0240. The van der Waals surface area contributed by atoms with Crippen LogP contribution in [0.2, 0.25) is 0 Å². The highest BCUT2D eigenvalue weighted by molar-refractivity contribution is 5.68. The zero-order valence-corrected chi connectivity index (χ0v) is 17.5. The number of hydrogen-bond donors (Lipinski definition) is 1. The number of benzene rings is 1. The van der Waals surface area contributed by atoms with Crippen molar-refractivity contribution in [2.75, 3.05) is 43.5 Å². The Balaban J connectivity index is 1.73. The molecule has 1 amide bonds. The van der Waals surface area contributed by atoms with Crippen LogP contribution in [-0.2, 0) is 4.74 Å². The molecule has 1 aliphatic heterocycles. The van der Waals surface area contributed by atoms with Gasteiger partial charge >= 0.3 is 6.09 Å². The van der Waals surface area contributed by atoms with Gasteiger partial charge < -0.3 is 24.6 Å². The van der Waals surface area contributed by atoms with Gasteiger partial charge in [0.05, 0.1) is 12.8 Å². The topological polar surface area (TPSA) is 116 Å². The maximum Gasteiger partial charge on any atom is 0.410 e. The van der Waals surface area contributed by atoms with Crippen molar-refractivity contribution in [3.63, 3.8) is 0 Å². The van der Waals surface area contributed by atoms with Crippen molar-refractivity contribution < 1.29 is 14.3 Å². The first-order chi connectivity index (χ1) is 14.3. The van der Waals surface area contributed by atoms with Gasteiger partial charge in [-0.2, -0.15) is 20.2 Å². The molecule has 2 aromatic rings. The fourth-order valence-electron chi connectivity index (χ4n) is 2.90. The standard InChI is InChI=1S/C20H25N7O3/c1-20(2,3)30-19(28)27-11-9-26(10-12-27)18-24-16(13-21)23-17(25-18)22-14-7-5-6-8-15(14)29-4/h5-8H,9-12H2,1-4H3,(H,22,23,24,25). The number of rotatable bonds is 4. The molecule has 0 saturated carbocycles. The largest absolute Gasteiger partial charge is 0.495 e. The minimum absolute atomic E-state index is 0.00645. The number of anilines is 3. The van der Waals surface area contributed by atoms with Gasteiger partial charge in [0.25, 0.3) is 0 Å². The van der Waals surface area contributed by atoms with Crippen LogP contribution in [0, 0.1) is 11.3 Å². The summed E-state index contributed by atoms with van der Waals surface area (Å²) in [6.07, 6.45) is -0.339. The highest BCUT2D eigenvalue weighted by Crippen LogP contribution is 2.26. The molecule has 1 aromatic heterocycles. The monoisotopic (exact) mass is 411 g/mol. The maximum absolute atomic E-state index is 12.3. The molecule has 0 spiro atoms. The van der Waals surface area contributed by atoms with Crippen LogP contribution in [0.1, 0.15) is 26.6 Å². The smallest absolute Gasteiger partial charge is 0.410 e. The third-order valence-electron chi connectivity index (χ3n) is 4.29. The molecule has 30 heavy (non-hydrogen) atoms. The number of methoxy groups -OCH3 is 1. The van der Waals surface area contributed by atoms with Gasteiger partial charge in [-0.15, -0.1) is 0 Å². The molecule has 10 nitrogen and oxygen atoms in total. The first-order valence-electron chi connectivity index (χ1n) is 9.58. The number of nitrogens with one attached hydrogen (secondary N) is 1. The van der Waals surface area contributed by atoms with Gasteiger partial charge in [0.2, 0.25) is 17.7 Å². The second-order valence-electron chi connectivity index (χ2n) is 7.67. The van der Waals surface area contributed by atoms with Gasteiger partial charge in [0, 0.05) is 26.2 Å². The predicted octanol–water partition coefficient (Wildman–Crippen LogP) is 2.55. The van der Waals surface area contributed by atoms with Crippen LogP contribution in [0.4, 0.5) is 22.4 Å². The average Bonchev–Trinajstić information content (AvgIpc) is 2.72. The van der Waals surface area contributed by atoms with Crippen LogP contribution < -0.4 is 15.0 Å². The highest BCUT2D eigenvalue weighted by atomic mass is 16.6. The quantitative estimate of drug-likeness (QED) is 0.810. The third kappa shape index (κ3) is 5.26. The number of aromatic nitrogens is 3. The van der Waals surface area contributed by atoms with Crippen LogP contribution in [-0.4, -0.2) is 64.8 Å². The van der Waals surface area contributed by atoms with Crippen LogP contribution in [0.25, 0.3) is 0 Å². The summed E-state index contributed by atoms with van der Waals surface area (Å²) in [7, 11) is 1.57. The number of amides is 1. The number of nitriles is 1. The lowest BCUT2D eigenvalue weighted by Gasteiger charge is -2.35. The summed E-state index contributed by atoms with van der Waals surface area (Å²) in [6, 6.07) is 9.32. The molecule has 10 heteroatoms. The maximum atomic E-state index is 12.3. The second kappa shape index (κ2) is 8.82. The van der Waals surface area contributed by atoms with Crippen molar-refractivity contribution in [1.29, 1.82) is 5.26 Å². The lowest BCUT2D eigenvalue weighted by atomic mass is 10.2. The predicted molar refractivity (Wildman–Crippen MR) is 111 cm³/mol. The number of para-hydroxylation sites is 2. The Kier molecular flexibility index (Phi) is 6.20. The Morgan fingerprint density at radius 3 is 2.47 bits per heavy atom. The molecule has 0 aliphatic carbocycles. The van der Waals surface area contributed by atoms with E-state index < -0.39 is 5.60 Å². The number of ether oxygens (including phenoxy) is 2. The van der Waals surface area contributed by atoms with Gasteiger partial charge in [-0.3, -0.25) is 0 Å². The second-order valence-corrected chi connectivity index (χ2v) is 7.67. The zero-order valence-electron chi connectivity index (χ0n) is 17.5. The van der Waals surface area contributed by atoms with E-state index in [0.717, 1.165) is 0 Å². The van der Waals surface area contributed by atoms with Crippen LogP contribution in [0.5, 0.6) is 5.75 Å². The summed E-state index contributed by atoms with van der Waals surface area (Å²) in [4.78, 5) is 28.6. The first-order valence-corrected chi connectivity index (χ1v) is 9.58. The minimum Gasteiger partial charge on any atom is -0.495 e. The number of hydrogen-bond acceptors (Lipinski definition) is 9. The van der Waals surface area contributed by atoms with Crippen molar-refractivity contribution in [3.8, 4) is 11.8 Å². The molecule has 1 fully saturated rings. The molecule has 1 aliphatic rings. The molecule has 0 unspecified atom stereocenters. The Bertz CT molecular complexity index is 944. The fourth-order valence-corrected chi connectivity index (χ4v) is 2.90. The summed E-state index contributed by atoms with van der Waals surface area (Å²) in [5, 5.41) is 12.4. The molecule has 0 bridgehead atoms. The van der Waals surface area contributed by atoms with E-state index in [1.54, 1.807) is 12.0 Å². The number of piperazine rings is 1. The molecular weight excluding hydrogens is 386 g/mol. The molecular formula is C20H25N7O3. The molecule has 0 radical (unpaired) electrons. The Morgan fingerprint density at radius 1 is 1.13 bits per heavy atom. The molecule has 3 rings (SSSR count). The van der Waals surface area contributed by atoms with E-state index in [2.05, 4.69) is 20.3 Å². The van der Waals surface area contributed by atoms with E-state index in [0.29, 0.717) is 43.6 Å². The van der Waals surface area contributed by atoms with Crippen molar-refractivity contribution >= 4 is 23.7 Å². The zero-order chi connectivity index (χ0) is 21.7. The average molecular weight is 411 g/mol. The minimum atomic E-state index is -0.539. The van der Waals surface area contributed by atoms with Crippen molar-refractivity contribution in [3.05, 3.63) is 30.1 Å². The molecule has 2 heterocycles. The number of carbonyl (C=O) groups excluding carboxylic acids is 1. The van der Waals surface area contributed by atoms with Crippen LogP contribution >= 0.6 is 0 Å². The molecule has 1 aromatic carbocycles. The van der Waals surface area contributed by atoms with Gasteiger partial charge in [0.15, 0.2) is 0 Å². The van der Waals surface area contributed by atoms with Gasteiger partial charge in [0.1, 0.15) is 17.4 Å². The molecule has 0 atom stereocenters.